The molecule has 66 heavy (non-hydrogen) atoms. The SMILES string of the molecule is CCCCCCCCCCCCCCCCCCCCCCCCC(=O)OCC(COCCC(C(=O)O)[N+](C)(C)C)OC(=O)CCCCCCCCCCCCCCCCCCCCCC. The maximum atomic E-state index is 12.8. The van der Waals surface area contributed by atoms with Crippen LogP contribution in [-0.2, 0) is 28.6 Å². The smallest absolute Gasteiger partial charge is 0.362 e. The number of quaternary nitrogens is 1. The molecule has 2 atom stereocenters. The average molecular weight is 938 g/mol. The summed E-state index contributed by atoms with van der Waals surface area (Å²) in [6.07, 6.45) is 55.9. The van der Waals surface area contributed by atoms with Gasteiger partial charge >= 0.3 is 17.9 Å². The van der Waals surface area contributed by atoms with Gasteiger partial charge in [0.05, 0.1) is 34.4 Å². The van der Waals surface area contributed by atoms with E-state index in [1.165, 1.54) is 231 Å². The Morgan fingerprint density at radius 2 is 0.667 bits per heavy atom. The van der Waals surface area contributed by atoms with Crippen LogP contribution in [-0.4, -0.2) is 80.6 Å². The third kappa shape index (κ3) is 47.4. The van der Waals surface area contributed by atoms with Gasteiger partial charge in [-0.1, -0.05) is 271 Å². The molecule has 392 valence electrons. The number of aliphatic carboxylic acids is 1. The van der Waals surface area contributed by atoms with Gasteiger partial charge in [-0.3, -0.25) is 9.59 Å². The first kappa shape index (κ1) is 64.3. The summed E-state index contributed by atoms with van der Waals surface area (Å²) in [5.41, 5.74) is 0. The number of hydrogen-bond donors (Lipinski definition) is 1. The summed E-state index contributed by atoms with van der Waals surface area (Å²) < 4.78 is 17.4. The maximum absolute atomic E-state index is 12.8. The van der Waals surface area contributed by atoms with Gasteiger partial charge in [0.2, 0.25) is 0 Å². The van der Waals surface area contributed by atoms with Crippen LogP contribution in [0.4, 0.5) is 0 Å². The predicted molar refractivity (Wildman–Crippen MR) is 280 cm³/mol. The monoisotopic (exact) mass is 937 g/mol. The van der Waals surface area contributed by atoms with Crippen molar-refractivity contribution in [1.82, 2.24) is 0 Å². The molecule has 0 radical (unpaired) electrons. The lowest BCUT2D eigenvalue weighted by molar-refractivity contribution is -0.887. The zero-order chi connectivity index (χ0) is 48.4. The highest BCUT2D eigenvalue weighted by Crippen LogP contribution is 2.18. The molecule has 0 aromatic heterocycles. The molecule has 0 bridgehead atoms. The van der Waals surface area contributed by atoms with Crippen molar-refractivity contribution in [1.29, 1.82) is 0 Å². The molecular formula is C58H114NO7+. The number of unbranched alkanes of at least 4 members (excludes halogenated alkanes) is 40. The molecule has 0 amide bonds. The molecule has 1 N–H and O–H groups in total. The quantitative estimate of drug-likeness (QED) is 0.0368. The third-order valence-electron chi connectivity index (χ3n) is 13.8. The van der Waals surface area contributed by atoms with E-state index in [4.69, 9.17) is 14.2 Å². The summed E-state index contributed by atoms with van der Waals surface area (Å²) in [6, 6.07) is -0.609. The van der Waals surface area contributed by atoms with Crippen molar-refractivity contribution in [3.63, 3.8) is 0 Å². The second kappa shape index (κ2) is 49.7. The van der Waals surface area contributed by atoms with Crippen LogP contribution in [0, 0.1) is 0 Å². The minimum Gasteiger partial charge on any atom is -0.477 e. The Kier molecular flexibility index (Phi) is 48.5. The molecule has 8 nitrogen and oxygen atoms in total. The minimum absolute atomic E-state index is 0.0408. The second-order valence-electron chi connectivity index (χ2n) is 21.3. The number of rotatable bonds is 54. The van der Waals surface area contributed by atoms with Gasteiger partial charge in [0, 0.05) is 19.3 Å². The number of ether oxygens (including phenoxy) is 3. The molecule has 0 aliphatic rings. The number of carboxylic acids is 1. The van der Waals surface area contributed by atoms with Crippen LogP contribution < -0.4 is 0 Å². The van der Waals surface area contributed by atoms with E-state index in [-0.39, 0.29) is 36.2 Å². The van der Waals surface area contributed by atoms with Gasteiger partial charge < -0.3 is 23.8 Å². The molecule has 0 saturated carbocycles. The Morgan fingerprint density at radius 3 is 0.939 bits per heavy atom. The number of hydrogen-bond acceptors (Lipinski definition) is 6. The van der Waals surface area contributed by atoms with E-state index in [9.17, 15) is 19.5 Å². The molecule has 0 aliphatic heterocycles. The molecule has 0 rings (SSSR count). The predicted octanol–water partition coefficient (Wildman–Crippen LogP) is 17.2. The Hall–Kier alpha value is -1.67. The molecule has 0 fully saturated rings. The number of carbonyl (C=O) groups is 3. The highest BCUT2D eigenvalue weighted by Gasteiger charge is 2.31. The zero-order valence-corrected chi connectivity index (χ0v) is 44.9. The molecule has 8 heteroatoms. The summed E-state index contributed by atoms with van der Waals surface area (Å²) >= 11 is 0. The van der Waals surface area contributed by atoms with Crippen molar-refractivity contribution in [3.8, 4) is 0 Å². The largest absolute Gasteiger partial charge is 0.477 e. The first-order valence-corrected chi connectivity index (χ1v) is 29.1. The fourth-order valence-corrected chi connectivity index (χ4v) is 9.27. The zero-order valence-electron chi connectivity index (χ0n) is 44.9. The van der Waals surface area contributed by atoms with E-state index in [1.807, 2.05) is 21.1 Å². The molecule has 0 aromatic carbocycles. The number of likely N-dealkylation sites (N-methyl/N-ethyl adjacent to an activating group) is 1. The minimum atomic E-state index is -0.867. The normalized spacial score (nSPS) is 12.7. The van der Waals surface area contributed by atoms with Crippen molar-refractivity contribution in [3.05, 3.63) is 0 Å². The van der Waals surface area contributed by atoms with Gasteiger partial charge in [0.25, 0.3) is 0 Å². The molecule has 0 spiro atoms. The molecule has 0 aliphatic carbocycles. The average Bonchev–Trinajstić information content (AvgIpc) is 3.28. The molecule has 2 unspecified atom stereocenters. The Morgan fingerprint density at radius 1 is 0.394 bits per heavy atom. The van der Waals surface area contributed by atoms with Gasteiger partial charge in [-0.05, 0) is 12.8 Å². The van der Waals surface area contributed by atoms with E-state index in [0.717, 1.165) is 38.5 Å². The van der Waals surface area contributed by atoms with Crippen LogP contribution in [0.1, 0.15) is 303 Å². The van der Waals surface area contributed by atoms with E-state index in [1.54, 1.807) is 0 Å². The standard InChI is InChI=1S/C58H113NO7/c1-6-8-10-12-14-16-18-20-22-24-26-28-29-31-32-34-36-38-40-42-44-46-48-56(60)65-53-54(52-64-51-50-55(58(62)63)59(3,4)5)66-57(61)49-47-45-43-41-39-37-35-33-30-27-25-23-21-19-17-15-13-11-9-7-2/h54-55H,6-53H2,1-5H3/p+1. The second-order valence-corrected chi connectivity index (χ2v) is 21.3. The Bertz CT molecular complexity index is 1050. The van der Waals surface area contributed by atoms with Crippen molar-refractivity contribution in [2.45, 2.75) is 315 Å². The van der Waals surface area contributed by atoms with Crippen molar-refractivity contribution in [2.24, 2.45) is 0 Å². The fraction of sp³-hybridized carbons (Fsp3) is 0.948. The number of nitrogens with zero attached hydrogens (tertiary/aromatic N) is 1. The summed E-state index contributed by atoms with van der Waals surface area (Å²) in [7, 11) is 5.56. The van der Waals surface area contributed by atoms with Gasteiger partial charge in [-0.2, -0.15) is 0 Å². The third-order valence-corrected chi connectivity index (χ3v) is 13.8. The van der Waals surface area contributed by atoms with Crippen LogP contribution in [0.25, 0.3) is 0 Å². The lowest BCUT2D eigenvalue weighted by Gasteiger charge is -2.31. The fourth-order valence-electron chi connectivity index (χ4n) is 9.27. The number of carbonyl (C=O) groups excluding carboxylic acids is 2. The topological polar surface area (TPSA) is 99.1 Å². The van der Waals surface area contributed by atoms with E-state index in [2.05, 4.69) is 13.8 Å². The van der Waals surface area contributed by atoms with Crippen LogP contribution in [0.5, 0.6) is 0 Å². The van der Waals surface area contributed by atoms with Crippen molar-refractivity contribution < 1.29 is 38.2 Å². The van der Waals surface area contributed by atoms with Crippen LogP contribution in [0.15, 0.2) is 0 Å². The highest BCUT2D eigenvalue weighted by atomic mass is 16.6. The van der Waals surface area contributed by atoms with Crippen LogP contribution >= 0.6 is 0 Å². The highest BCUT2D eigenvalue weighted by molar-refractivity contribution is 5.72. The molecular weight excluding hydrogens is 823 g/mol. The summed E-state index contributed by atoms with van der Waals surface area (Å²) in [5.74, 6) is -1.43. The molecule has 0 saturated heterocycles. The summed E-state index contributed by atoms with van der Waals surface area (Å²) in [5, 5.41) is 9.68. The van der Waals surface area contributed by atoms with E-state index < -0.39 is 18.1 Å². The number of esters is 2. The van der Waals surface area contributed by atoms with Crippen LogP contribution in [0.2, 0.25) is 0 Å². The maximum Gasteiger partial charge on any atom is 0.362 e. The lowest BCUT2D eigenvalue weighted by Crippen LogP contribution is -2.50. The van der Waals surface area contributed by atoms with Crippen molar-refractivity contribution >= 4 is 17.9 Å². The van der Waals surface area contributed by atoms with E-state index >= 15 is 0 Å². The molecule has 0 aromatic rings. The first-order valence-electron chi connectivity index (χ1n) is 29.1. The Labute approximate surface area is 410 Å². The molecule has 0 heterocycles. The first-order chi connectivity index (χ1) is 32.1. The van der Waals surface area contributed by atoms with Gasteiger partial charge in [0.1, 0.15) is 6.61 Å². The van der Waals surface area contributed by atoms with Crippen LogP contribution in [0.3, 0.4) is 0 Å². The van der Waals surface area contributed by atoms with Crippen molar-refractivity contribution in [2.75, 3.05) is 41.0 Å². The summed E-state index contributed by atoms with van der Waals surface area (Å²) in [4.78, 5) is 37.3. The lowest BCUT2D eigenvalue weighted by atomic mass is 10.0. The summed E-state index contributed by atoms with van der Waals surface area (Å²) in [6.45, 7) is 4.82. The van der Waals surface area contributed by atoms with E-state index in [0.29, 0.717) is 19.3 Å². The number of carboxylic acid groups (broad SMARTS) is 1. The van der Waals surface area contributed by atoms with Gasteiger partial charge in [0.15, 0.2) is 12.1 Å². The Balaban J connectivity index is 4.10. The van der Waals surface area contributed by atoms with Gasteiger partial charge in [-0.25, -0.2) is 4.79 Å². The van der Waals surface area contributed by atoms with Gasteiger partial charge in [-0.15, -0.1) is 0 Å².